The highest BCUT2D eigenvalue weighted by Gasteiger charge is 2.16. The monoisotopic (exact) mass is 470 g/mol. The third-order valence-electron chi connectivity index (χ3n) is 5.86. The number of methoxy groups -OCH3 is 2. The molecular formula is C29H42O5. The number of aryl methyl sites for hydroxylation is 3. The molecule has 0 bridgehead atoms. The van der Waals surface area contributed by atoms with Crippen LogP contribution in [0.1, 0.15) is 86.3 Å². The molecule has 0 spiro atoms. The Kier molecular flexibility index (Phi) is 12.4. The Morgan fingerprint density at radius 2 is 1.44 bits per heavy atom. The lowest BCUT2D eigenvalue weighted by molar-refractivity contribution is 0.0526. The highest BCUT2D eigenvalue weighted by Crippen LogP contribution is 2.32. The van der Waals surface area contributed by atoms with Crippen LogP contribution in [0.3, 0.4) is 0 Å². The summed E-state index contributed by atoms with van der Waals surface area (Å²) >= 11 is 0. The van der Waals surface area contributed by atoms with Crippen LogP contribution in [0.15, 0.2) is 30.3 Å². The number of carbonyl (C=O) groups excluding carboxylic acids is 1. The number of carbonyl (C=O) groups is 1. The van der Waals surface area contributed by atoms with E-state index in [1.807, 2.05) is 31.2 Å². The molecule has 5 nitrogen and oxygen atoms in total. The van der Waals surface area contributed by atoms with Gasteiger partial charge in [-0.1, -0.05) is 51.7 Å². The lowest BCUT2D eigenvalue weighted by Gasteiger charge is -2.17. The van der Waals surface area contributed by atoms with Crippen LogP contribution in [0.25, 0.3) is 0 Å². The number of hydrogen-bond donors (Lipinski definition) is 0. The van der Waals surface area contributed by atoms with Gasteiger partial charge in [0.25, 0.3) is 0 Å². The fourth-order valence-electron chi connectivity index (χ4n) is 4.28. The Morgan fingerprint density at radius 3 is 2.03 bits per heavy atom. The molecule has 5 heteroatoms. The second kappa shape index (κ2) is 15.3. The Bertz CT molecular complexity index is 863. The number of rotatable bonds is 16. The zero-order chi connectivity index (χ0) is 24.8. The summed E-state index contributed by atoms with van der Waals surface area (Å²) in [5, 5.41) is 0. The van der Waals surface area contributed by atoms with Gasteiger partial charge in [-0.05, 0) is 73.9 Å². The van der Waals surface area contributed by atoms with Gasteiger partial charge >= 0.3 is 5.97 Å². The molecule has 34 heavy (non-hydrogen) atoms. The Balaban J connectivity index is 1.92. The SMILES string of the molecule is CCCc1cc(C(=O)OCC)cc(CCC)c1OCCCCCCc1cccc(OC)c1OC. The van der Waals surface area contributed by atoms with Crippen molar-refractivity contribution in [3.63, 3.8) is 0 Å². The molecule has 0 radical (unpaired) electrons. The Labute approximate surface area is 205 Å². The van der Waals surface area contributed by atoms with E-state index in [0.29, 0.717) is 18.8 Å². The molecule has 0 aliphatic heterocycles. The van der Waals surface area contributed by atoms with Gasteiger partial charge in [-0.15, -0.1) is 0 Å². The first-order valence-electron chi connectivity index (χ1n) is 12.7. The molecule has 2 aromatic rings. The molecule has 0 N–H and O–H groups in total. The average molecular weight is 471 g/mol. The van der Waals surface area contributed by atoms with Crippen LogP contribution in [0.2, 0.25) is 0 Å². The topological polar surface area (TPSA) is 54.0 Å². The molecule has 0 aromatic heterocycles. The van der Waals surface area contributed by atoms with Crippen LogP contribution < -0.4 is 14.2 Å². The summed E-state index contributed by atoms with van der Waals surface area (Å²) in [5.74, 6) is 2.34. The maximum Gasteiger partial charge on any atom is 0.338 e. The van der Waals surface area contributed by atoms with Gasteiger partial charge in [0.15, 0.2) is 11.5 Å². The summed E-state index contributed by atoms with van der Waals surface area (Å²) in [7, 11) is 3.36. The summed E-state index contributed by atoms with van der Waals surface area (Å²) in [4.78, 5) is 12.3. The largest absolute Gasteiger partial charge is 0.493 e. The molecule has 0 heterocycles. The molecule has 0 amide bonds. The zero-order valence-corrected chi connectivity index (χ0v) is 21.7. The predicted octanol–water partition coefficient (Wildman–Crippen LogP) is 6.97. The average Bonchev–Trinajstić information content (AvgIpc) is 2.84. The standard InChI is InChI=1S/C29H42O5/c1-6-14-23-20-25(29(30)33-8-3)21-24(15-7-2)27(23)34-19-12-10-9-11-16-22-17-13-18-26(31-4)28(22)32-5/h13,17-18,20-21H,6-12,14-16,19H2,1-5H3. The zero-order valence-electron chi connectivity index (χ0n) is 21.7. The third kappa shape index (κ3) is 7.96. The van der Waals surface area contributed by atoms with E-state index in [1.165, 1.54) is 5.56 Å². The minimum absolute atomic E-state index is 0.253. The lowest BCUT2D eigenvalue weighted by Crippen LogP contribution is -2.09. The molecule has 0 atom stereocenters. The van der Waals surface area contributed by atoms with E-state index in [-0.39, 0.29) is 5.97 Å². The highest BCUT2D eigenvalue weighted by molar-refractivity contribution is 5.90. The second-order valence-corrected chi connectivity index (χ2v) is 8.51. The molecular weight excluding hydrogens is 428 g/mol. The molecule has 188 valence electrons. The van der Waals surface area contributed by atoms with Crippen molar-refractivity contribution in [2.75, 3.05) is 27.4 Å². The van der Waals surface area contributed by atoms with E-state index in [1.54, 1.807) is 14.2 Å². The van der Waals surface area contributed by atoms with Crippen molar-refractivity contribution in [1.82, 2.24) is 0 Å². The predicted molar refractivity (Wildman–Crippen MR) is 138 cm³/mol. The van der Waals surface area contributed by atoms with Crippen molar-refractivity contribution in [3.05, 3.63) is 52.6 Å². The number of hydrogen-bond acceptors (Lipinski definition) is 5. The van der Waals surface area contributed by atoms with Gasteiger partial charge in [0.1, 0.15) is 5.75 Å². The number of para-hydroxylation sites is 1. The van der Waals surface area contributed by atoms with Gasteiger partial charge in [0, 0.05) is 0 Å². The quantitative estimate of drug-likeness (QED) is 0.196. The first kappa shape index (κ1) is 27.6. The molecule has 0 saturated heterocycles. The van der Waals surface area contributed by atoms with Crippen LogP contribution in [0.4, 0.5) is 0 Å². The van der Waals surface area contributed by atoms with Gasteiger partial charge in [0.05, 0.1) is 33.0 Å². The maximum absolute atomic E-state index is 12.3. The van der Waals surface area contributed by atoms with Crippen molar-refractivity contribution in [2.24, 2.45) is 0 Å². The van der Waals surface area contributed by atoms with Gasteiger partial charge < -0.3 is 18.9 Å². The van der Waals surface area contributed by atoms with Gasteiger partial charge in [-0.25, -0.2) is 4.79 Å². The molecule has 2 aromatic carbocycles. The maximum atomic E-state index is 12.3. The normalized spacial score (nSPS) is 10.7. The number of esters is 1. The minimum Gasteiger partial charge on any atom is -0.493 e. The Morgan fingerprint density at radius 1 is 0.765 bits per heavy atom. The summed E-state index contributed by atoms with van der Waals surface area (Å²) < 4.78 is 22.5. The molecule has 0 unspecified atom stereocenters. The molecule has 0 saturated carbocycles. The van der Waals surface area contributed by atoms with E-state index < -0.39 is 0 Å². The fourth-order valence-corrected chi connectivity index (χ4v) is 4.28. The van der Waals surface area contributed by atoms with E-state index in [0.717, 1.165) is 86.2 Å². The lowest BCUT2D eigenvalue weighted by atomic mass is 9.98. The molecule has 0 aliphatic rings. The Hall–Kier alpha value is -2.69. The fraction of sp³-hybridized carbons (Fsp3) is 0.552. The number of ether oxygens (including phenoxy) is 4. The summed E-state index contributed by atoms with van der Waals surface area (Å²) in [6.45, 7) is 7.21. The summed E-state index contributed by atoms with van der Waals surface area (Å²) in [5.41, 5.74) is 4.05. The van der Waals surface area contributed by atoms with Crippen LogP contribution in [0.5, 0.6) is 17.2 Å². The first-order valence-corrected chi connectivity index (χ1v) is 12.7. The van der Waals surface area contributed by atoms with Gasteiger partial charge in [-0.2, -0.15) is 0 Å². The van der Waals surface area contributed by atoms with E-state index in [4.69, 9.17) is 18.9 Å². The minimum atomic E-state index is -0.253. The van der Waals surface area contributed by atoms with E-state index >= 15 is 0 Å². The second-order valence-electron chi connectivity index (χ2n) is 8.51. The number of benzene rings is 2. The first-order chi connectivity index (χ1) is 16.6. The van der Waals surface area contributed by atoms with Crippen LogP contribution in [-0.4, -0.2) is 33.4 Å². The molecule has 0 fully saturated rings. The highest BCUT2D eigenvalue weighted by atomic mass is 16.5. The van der Waals surface area contributed by atoms with Crippen molar-refractivity contribution in [3.8, 4) is 17.2 Å². The molecule has 2 rings (SSSR count). The number of unbranched alkanes of at least 4 members (excludes halogenated alkanes) is 3. The van der Waals surface area contributed by atoms with Crippen LogP contribution in [-0.2, 0) is 24.0 Å². The van der Waals surface area contributed by atoms with E-state index in [9.17, 15) is 4.79 Å². The van der Waals surface area contributed by atoms with Crippen molar-refractivity contribution < 1.29 is 23.7 Å². The van der Waals surface area contributed by atoms with Crippen molar-refractivity contribution in [2.45, 2.75) is 78.6 Å². The third-order valence-corrected chi connectivity index (χ3v) is 5.86. The van der Waals surface area contributed by atoms with Gasteiger partial charge in [-0.3, -0.25) is 0 Å². The van der Waals surface area contributed by atoms with Crippen LogP contribution >= 0.6 is 0 Å². The smallest absolute Gasteiger partial charge is 0.338 e. The summed E-state index contributed by atoms with van der Waals surface area (Å²) in [6.07, 6.45) is 9.10. The molecule has 0 aliphatic carbocycles. The van der Waals surface area contributed by atoms with E-state index in [2.05, 4.69) is 19.9 Å². The van der Waals surface area contributed by atoms with Crippen molar-refractivity contribution in [1.29, 1.82) is 0 Å². The summed E-state index contributed by atoms with van der Waals surface area (Å²) in [6, 6.07) is 9.96. The van der Waals surface area contributed by atoms with Crippen molar-refractivity contribution >= 4 is 5.97 Å². The van der Waals surface area contributed by atoms with Gasteiger partial charge in [0.2, 0.25) is 0 Å². The van der Waals surface area contributed by atoms with Crippen LogP contribution in [0, 0.1) is 0 Å².